The van der Waals surface area contributed by atoms with Gasteiger partial charge in [0.15, 0.2) is 0 Å². The summed E-state index contributed by atoms with van der Waals surface area (Å²) < 4.78 is 0. The largest absolute Gasteiger partial charge is 0.300 e. The van der Waals surface area contributed by atoms with E-state index in [1.807, 2.05) is 0 Å². The van der Waals surface area contributed by atoms with Gasteiger partial charge in [-0.25, -0.2) is 0 Å². The van der Waals surface area contributed by atoms with Gasteiger partial charge in [0, 0.05) is 12.8 Å². The van der Waals surface area contributed by atoms with E-state index in [0.717, 1.165) is 19.3 Å². The van der Waals surface area contributed by atoms with E-state index >= 15 is 0 Å². The summed E-state index contributed by atoms with van der Waals surface area (Å²) in [6.07, 6.45) is 3.79. The van der Waals surface area contributed by atoms with Crippen molar-refractivity contribution in [2.75, 3.05) is 0 Å². The van der Waals surface area contributed by atoms with Gasteiger partial charge < -0.3 is 0 Å². The second-order valence-corrected chi connectivity index (χ2v) is 4.75. The molecule has 1 atom stereocenters. The Kier molecular flexibility index (Phi) is 2.90. The molecule has 0 heterocycles. The maximum absolute atomic E-state index is 11.4. The molecule has 0 bridgehead atoms. The highest BCUT2D eigenvalue weighted by Gasteiger charge is 2.20. The number of hydrogen-bond donors (Lipinski definition) is 0. The van der Waals surface area contributed by atoms with E-state index in [0.29, 0.717) is 11.7 Å². The highest BCUT2D eigenvalue weighted by Crippen LogP contribution is 2.31. The lowest BCUT2D eigenvalue weighted by Crippen LogP contribution is -2.13. The maximum Gasteiger partial charge on any atom is 0.133 e. The van der Waals surface area contributed by atoms with Crippen molar-refractivity contribution in [2.45, 2.75) is 45.4 Å². The summed E-state index contributed by atoms with van der Waals surface area (Å²) in [5.74, 6) is 0.912. The zero-order valence-corrected chi connectivity index (χ0v) is 9.55. The number of aryl methyl sites for hydroxylation is 2. The summed E-state index contributed by atoms with van der Waals surface area (Å²) in [5, 5.41) is 0. The fourth-order valence-corrected chi connectivity index (χ4v) is 2.55. The van der Waals surface area contributed by atoms with Gasteiger partial charge in [0.05, 0.1) is 0 Å². The van der Waals surface area contributed by atoms with Crippen LogP contribution in [0.4, 0.5) is 0 Å². The van der Waals surface area contributed by atoms with Gasteiger partial charge in [0.2, 0.25) is 0 Å². The van der Waals surface area contributed by atoms with Gasteiger partial charge in [-0.3, -0.25) is 4.79 Å². The summed E-state index contributed by atoms with van der Waals surface area (Å²) in [6, 6.07) is 6.65. The first kappa shape index (κ1) is 10.4. The van der Waals surface area contributed by atoms with Crippen molar-refractivity contribution in [2.24, 2.45) is 0 Å². The molecule has 1 saturated carbocycles. The van der Waals surface area contributed by atoms with Crippen LogP contribution in [0.25, 0.3) is 0 Å². The van der Waals surface area contributed by atoms with Crippen molar-refractivity contribution in [3.8, 4) is 0 Å². The normalized spacial score (nSPS) is 21.7. The van der Waals surface area contributed by atoms with Crippen molar-refractivity contribution in [1.29, 1.82) is 0 Å². The summed E-state index contributed by atoms with van der Waals surface area (Å²) in [4.78, 5) is 11.4. The molecule has 2 rings (SSSR count). The average Bonchev–Trinajstić information content (AvgIpc) is 2.16. The third kappa shape index (κ3) is 2.47. The molecule has 1 aromatic carbocycles. The molecule has 1 aliphatic rings. The molecule has 0 amide bonds. The third-order valence-electron chi connectivity index (χ3n) is 3.20. The van der Waals surface area contributed by atoms with Gasteiger partial charge >= 0.3 is 0 Å². The van der Waals surface area contributed by atoms with Crippen LogP contribution in [-0.4, -0.2) is 5.78 Å². The van der Waals surface area contributed by atoms with Crippen LogP contribution in [0.2, 0.25) is 0 Å². The molecular weight excluding hydrogens is 184 g/mol. The van der Waals surface area contributed by atoms with Crippen LogP contribution in [0, 0.1) is 13.8 Å². The second-order valence-electron chi connectivity index (χ2n) is 4.75. The minimum Gasteiger partial charge on any atom is -0.300 e. The summed E-state index contributed by atoms with van der Waals surface area (Å²) in [6.45, 7) is 4.25. The van der Waals surface area contributed by atoms with Crippen molar-refractivity contribution >= 4 is 5.78 Å². The monoisotopic (exact) mass is 202 g/mol. The number of hydrogen-bond acceptors (Lipinski definition) is 1. The highest BCUT2D eigenvalue weighted by atomic mass is 16.1. The second kappa shape index (κ2) is 4.18. The zero-order valence-electron chi connectivity index (χ0n) is 9.55. The molecule has 0 saturated heterocycles. The lowest BCUT2D eigenvalue weighted by Gasteiger charge is -2.21. The molecule has 0 unspecified atom stereocenters. The zero-order chi connectivity index (χ0) is 10.8. The number of benzene rings is 1. The first-order valence-corrected chi connectivity index (χ1v) is 5.75. The van der Waals surface area contributed by atoms with E-state index in [2.05, 4.69) is 32.0 Å². The summed E-state index contributed by atoms with van der Waals surface area (Å²) in [5.41, 5.74) is 3.98. The smallest absolute Gasteiger partial charge is 0.133 e. The predicted molar refractivity (Wildman–Crippen MR) is 62.1 cm³/mol. The first-order valence-electron chi connectivity index (χ1n) is 5.75. The lowest BCUT2D eigenvalue weighted by atomic mass is 9.82. The number of Topliss-reactive ketones (excluding diaryl/α,β-unsaturated/α-hetero) is 1. The average molecular weight is 202 g/mol. The van der Waals surface area contributed by atoms with E-state index in [-0.39, 0.29) is 0 Å². The highest BCUT2D eigenvalue weighted by molar-refractivity contribution is 5.80. The fourth-order valence-electron chi connectivity index (χ4n) is 2.55. The van der Waals surface area contributed by atoms with Crippen molar-refractivity contribution in [3.05, 3.63) is 34.9 Å². The molecule has 0 aromatic heterocycles. The number of rotatable bonds is 1. The van der Waals surface area contributed by atoms with E-state index in [1.165, 1.54) is 23.1 Å². The molecule has 1 aliphatic carbocycles. The van der Waals surface area contributed by atoms with E-state index in [1.54, 1.807) is 0 Å². The van der Waals surface area contributed by atoms with Crippen LogP contribution in [0.1, 0.15) is 48.3 Å². The molecule has 1 heteroatoms. The summed E-state index contributed by atoms with van der Waals surface area (Å²) >= 11 is 0. The molecular formula is C14H18O. The minimum atomic E-state index is 0.436. The molecule has 1 aromatic rings. The van der Waals surface area contributed by atoms with Crippen LogP contribution >= 0.6 is 0 Å². The quantitative estimate of drug-likeness (QED) is 0.681. The number of carbonyl (C=O) groups is 1. The van der Waals surface area contributed by atoms with Gasteiger partial charge in [-0.15, -0.1) is 0 Å². The Morgan fingerprint density at radius 3 is 2.40 bits per heavy atom. The van der Waals surface area contributed by atoms with Crippen molar-refractivity contribution in [3.63, 3.8) is 0 Å². The Morgan fingerprint density at radius 1 is 1.13 bits per heavy atom. The van der Waals surface area contributed by atoms with E-state index in [4.69, 9.17) is 0 Å². The van der Waals surface area contributed by atoms with Crippen LogP contribution in [0.5, 0.6) is 0 Å². The Hall–Kier alpha value is -1.11. The van der Waals surface area contributed by atoms with Crippen LogP contribution < -0.4 is 0 Å². The standard InChI is InChI=1S/C14H18O/c1-10-6-11(2)8-13(7-10)12-4-3-5-14(15)9-12/h6-8,12H,3-5,9H2,1-2H3/t12-/m1/s1. The van der Waals surface area contributed by atoms with E-state index < -0.39 is 0 Å². The van der Waals surface area contributed by atoms with Gasteiger partial charge in [-0.1, -0.05) is 29.3 Å². The molecule has 1 nitrogen and oxygen atoms in total. The Labute approximate surface area is 91.5 Å². The fraction of sp³-hybridized carbons (Fsp3) is 0.500. The van der Waals surface area contributed by atoms with Gasteiger partial charge in [0.25, 0.3) is 0 Å². The Balaban J connectivity index is 2.24. The molecule has 1 fully saturated rings. The van der Waals surface area contributed by atoms with Gasteiger partial charge in [-0.05, 0) is 38.2 Å². The maximum atomic E-state index is 11.4. The Morgan fingerprint density at radius 2 is 1.80 bits per heavy atom. The third-order valence-corrected chi connectivity index (χ3v) is 3.20. The summed E-state index contributed by atoms with van der Waals surface area (Å²) in [7, 11) is 0. The van der Waals surface area contributed by atoms with Crippen LogP contribution in [-0.2, 0) is 4.79 Å². The predicted octanol–water partition coefficient (Wildman–Crippen LogP) is 3.53. The van der Waals surface area contributed by atoms with Gasteiger partial charge in [0.1, 0.15) is 5.78 Å². The SMILES string of the molecule is Cc1cc(C)cc([C@@H]2CCCC(=O)C2)c1. The van der Waals surface area contributed by atoms with Crippen molar-refractivity contribution in [1.82, 2.24) is 0 Å². The number of ketones is 1. The molecule has 0 N–H and O–H groups in total. The Bertz CT molecular complexity index is 359. The minimum absolute atomic E-state index is 0.436. The topological polar surface area (TPSA) is 17.1 Å². The van der Waals surface area contributed by atoms with E-state index in [9.17, 15) is 4.79 Å². The first-order chi connectivity index (χ1) is 7.15. The molecule has 0 radical (unpaired) electrons. The van der Waals surface area contributed by atoms with Crippen molar-refractivity contribution < 1.29 is 4.79 Å². The number of carbonyl (C=O) groups excluding carboxylic acids is 1. The molecule has 0 aliphatic heterocycles. The molecule has 80 valence electrons. The van der Waals surface area contributed by atoms with Gasteiger partial charge in [-0.2, -0.15) is 0 Å². The van der Waals surface area contributed by atoms with Crippen LogP contribution in [0.15, 0.2) is 18.2 Å². The lowest BCUT2D eigenvalue weighted by molar-refractivity contribution is -0.120. The molecule has 15 heavy (non-hydrogen) atoms. The van der Waals surface area contributed by atoms with Crippen LogP contribution in [0.3, 0.4) is 0 Å². The molecule has 0 spiro atoms.